The summed E-state index contributed by atoms with van der Waals surface area (Å²) < 4.78 is 161. The van der Waals surface area contributed by atoms with Crippen LogP contribution in [0.2, 0.25) is 0 Å². The minimum absolute atomic E-state index is 0.00848. The zero-order valence-electron chi connectivity index (χ0n) is 65.9. The SMILES string of the molecule is COCCOCCOCCOCCOCCOCCOCCOCCOCCOCCOCC[N+]1=C(C=C2C(=O)C(C=C3N(CCCCCC(=O)O)c4ccc(C)cc4C3(C)CCOCCOCCOCCOCCOCCOCCOCCOCCOCCOCCOC)=C2[O-])C(C)(C)c2cc(S(=O)(=O)[O-])ccc21. The van der Waals surface area contributed by atoms with E-state index in [1.807, 2.05) is 37.5 Å². The van der Waals surface area contributed by atoms with Gasteiger partial charge in [-0.2, -0.15) is 4.58 Å². The number of nitrogens with zero attached hydrogens (tertiary/aromatic N) is 2. The highest BCUT2D eigenvalue weighted by Crippen LogP contribution is 2.52. The van der Waals surface area contributed by atoms with Gasteiger partial charge in [-0.3, -0.25) is 9.59 Å². The zero-order valence-corrected chi connectivity index (χ0v) is 66.8. The normalized spacial score (nSPS) is 16.2. The molecule has 110 heavy (non-hydrogen) atoms. The van der Waals surface area contributed by atoms with E-state index in [0.29, 0.717) is 307 Å². The Bertz CT molecular complexity index is 3080. The molecule has 2 aliphatic heterocycles. The predicted molar refractivity (Wildman–Crippen MR) is 402 cm³/mol. The number of rotatable bonds is 75. The number of aryl methyl sites for hydroxylation is 1. The summed E-state index contributed by atoms with van der Waals surface area (Å²) in [4.78, 5) is 27.8. The molecular weight excluding hydrogens is 1460 g/mol. The van der Waals surface area contributed by atoms with Crippen LogP contribution in [0.4, 0.5) is 11.4 Å². The van der Waals surface area contributed by atoms with Crippen LogP contribution >= 0.6 is 0 Å². The van der Waals surface area contributed by atoms with Crippen molar-refractivity contribution in [2.45, 2.75) is 75.5 Å². The lowest BCUT2D eigenvalue weighted by molar-refractivity contribution is -0.442. The molecule has 1 unspecified atom stereocenters. The molecule has 0 saturated carbocycles. The summed E-state index contributed by atoms with van der Waals surface area (Å²) in [5.41, 5.74) is 3.65. The molecule has 31 nitrogen and oxygen atoms in total. The maximum absolute atomic E-state index is 14.6. The maximum Gasteiger partial charge on any atom is 0.303 e. The summed E-state index contributed by atoms with van der Waals surface area (Å²) >= 11 is 0. The van der Waals surface area contributed by atoms with Crippen molar-refractivity contribution in [3.05, 3.63) is 87.8 Å². The van der Waals surface area contributed by atoms with Gasteiger partial charge in [0.1, 0.15) is 16.7 Å². The highest BCUT2D eigenvalue weighted by Gasteiger charge is 2.47. The molecule has 2 aromatic rings. The Morgan fingerprint density at radius 2 is 0.818 bits per heavy atom. The summed E-state index contributed by atoms with van der Waals surface area (Å²) in [7, 11) is -1.57. The minimum Gasteiger partial charge on any atom is -0.871 e. The largest absolute Gasteiger partial charge is 0.871 e. The third-order valence-electron chi connectivity index (χ3n) is 17.6. The van der Waals surface area contributed by atoms with E-state index in [4.69, 9.17) is 104 Å². The number of unbranched alkanes of at least 4 members (excludes halogenated alkanes) is 2. The van der Waals surface area contributed by atoms with Gasteiger partial charge < -0.3 is 124 Å². The summed E-state index contributed by atoms with van der Waals surface area (Å²) in [5, 5.41) is 24.0. The average molecular weight is 1590 g/mol. The number of benzene rings is 2. The van der Waals surface area contributed by atoms with Crippen LogP contribution in [-0.4, -0.2) is 345 Å². The van der Waals surface area contributed by atoms with E-state index in [0.717, 1.165) is 22.5 Å². The number of hydrogen-bond donors (Lipinski definition) is 1. The predicted octanol–water partition coefficient (Wildman–Crippen LogP) is 4.72. The average Bonchev–Trinajstić information content (AvgIpc) is 1.56. The highest BCUT2D eigenvalue weighted by molar-refractivity contribution is 7.85. The van der Waals surface area contributed by atoms with Crippen molar-refractivity contribution in [2.24, 2.45) is 0 Å². The van der Waals surface area contributed by atoms with Gasteiger partial charge in [-0.1, -0.05) is 29.9 Å². The van der Waals surface area contributed by atoms with Gasteiger partial charge >= 0.3 is 5.97 Å². The summed E-state index contributed by atoms with van der Waals surface area (Å²) in [6.45, 7) is 26.7. The number of anilines is 1. The fraction of sp³-hybridized carbons (Fsp3) is 0.731. The van der Waals surface area contributed by atoms with Crippen LogP contribution in [0.3, 0.4) is 0 Å². The maximum atomic E-state index is 14.6. The summed E-state index contributed by atoms with van der Waals surface area (Å²) in [5.74, 6) is -1.78. The van der Waals surface area contributed by atoms with Crippen LogP contribution in [-0.2, 0) is 135 Å². The number of carboxylic acid groups (broad SMARTS) is 1. The van der Waals surface area contributed by atoms with Gasteiger partial charge in [-0.15, -0.1) is 0 Å². The lowest BCUT2D eigenvalue weighted by Crippen LogP contribution is -2.36. The third-order valence-corrected chi connectivity index (χ3v) is 18.5. The molecule has 5 rings (SSSR count). The number of ketones is 1. The standard InChI is InChI=1S/C78H126N2O29S/c1-64-11-13-71-69(60-64)78(4,15-18-90-24-26-94-32-34-98-40-42-102-48-50-106-56-58-108-54-52-104-46-44-100-38-36-96-30-28-92-22-20-88-5)73(79(71)16-9-7-8-10-74(81)82)63-67-75(83)66(76(67)84)62-72-77(2,3)68-61-65(110(85,86)87)12-14-70(68)80(72)17-19-91-25-27-95-33-35-99-41-43-103-49-51-107-57-59-109-55-53-105-47-45-101-39-37-97-31-29-93-23-21-89-6/h11-14,60-63H,7-10,15-59H2,1-6H3,(H2-,81,82,83,84,85,86,87)/p-1. The first-order valence-corrected chi connectivity index (χ1v) is 39.8. The number of carbonyl (C=O) groups is 2. The first-order valence-electron chi connectivity index (χ1n) is 38.3. The van der Waals surface area contributed by atoms with Crippen molar-refractivity contribution in [1.29, 1.82) is 0 Å². The van der Waals surface area contributed by atoms with Crippen LogP contribution in [0.5, 0.6) is 0 Å². The number of Topliss-reactive ketones (excluding diaryl/α,β-unsaturated/α-hetero) is 1. The first kappa shape index (κ1) is 95.7. The van der Waals surface area contributed by atoms with E-state index in [1.165, 1.54) is 12.1 Å². The van der Waals surface area contributed by atoms with Gasteiger partial charge in [0.25, 0.3) is 0 Å². The van der Waals surface area contributed by atoms with Gasteiger partial charge in [0, 0.05) is 79.4 Å². The van der Waals surface area contributed by atoms with E-state index in [-0.39, 0.29) is 43.9 Å². The monoisotopic (exact) mass is 1590 g/mol. The van der Waals surface area contributed by atoms with Crippen molar-refractivity contribution < 1.29 is 142 Å². The molecule has 0 amide bonds. The highest BCUT2D eigenvalue weighted by atomic mass is 32.2. The molecule has 3 aliphatic rings. The van der Waals surface area contributed by atoms with Crippen molar-refractivity contribution >= 4 is 39.0 Å². The molecule has 628 valence electrons. The van der Waals surface area contributed by atoms with E-state index in [9.17, 15) is 32.8 Å². The fourth-order valence-electron chi connectivity index (χ4n) is 11.7. The fourth-order valence-corrected chi connectivity index (χ4v) is 12.2. The van der Waals surface area contributed by atoms with Crippen LogP contribution in [0, 0.1) is 6.92 Å². The molecule has 2 heterocycles. The Balaban J connectivity index is 1.01. The van der Waals surface area contributed by atoms with Gasteiger partial charge in [-0.05, 0) is 76.8 Å². The Morgan fingerprint density at radius 1 is 0.464 bits per heavy atom. The molecule has 32 heteroatoms. The Kier molecular flexibility index (Phi) is 51.2. The van der Waals surface area contributed by atoms with E-state index in [1.54, 1.807) is 32.4 Å². The van der Waals surface area contributed by atoms with Crippen molar-refractivity contribution in [3.8, 4) is 0 Å². The molecule has 0 bridgehead atoms. The second-order valence-electron chi connectivity index (χ2n) is 26.1. The van der Waals surface area contributed by atoms with Crippen LogP contribution in [0.1, 0.15) is 69.6 Å². The molecule has 0 radical (unpaired) electrons. The molecule has 1 aliphatic carbocycles. The lowest BCUT2D eigenvalue weighted by Gasteiger charge is -2.34. The lowest BCUT2D eigenvalue weighted by atomic mass is 9.75. The smallest absolute Gasteiger partial charge is 0.303 e. The first-order chi connectivity index (χ1) is 53.6. The molecular formula is C78H125N2O29S-. The Morgan fingerprint density at radius 3 is 1.16 bits per heavy atom. The number of carboxylic acids is 1. The minimum atomic E-state index is -4.83. The van der Waals surface area contributed by atoms with Gasteiger partial charge in [0.2, 0.25) is 5.69 Å². The molecule has 0 fully saturated rings. The Hall–Kier alpha value is -4.90. The zero-order chi connectivity index (χ0) is 79.0. The topological polar surface area (TPSA) is 344 Å². The number of fused-ring (bicyclic) bond motifs is 2. The van der Waals surface area contributed by atoms with Crippen LogP contribution in [0.25, 0.3) is 0 Å². The number of allylic oxidation sites excluding steroid dienone is 5. The van der Waals surface area contributed by atoms with Crippen LogP contribution in [0.15, 0.2) is 76.0 Å². The van der Waals surface area contributed by atoms with Crippen LogP contribution < -0.4 is 10.0 Å². The molecule has 1 atom stereocenters. The quantitative estimate of drug-likeness (QED) is 0.0405. The van der Waals surface area contributed by atoms with E-state index >= 15 is 0 Å². The van der Waals surface area contributed by atoms with Crippen molar-refractivity contribution in [2.75, 3.05) is 310 Å². The van der Waals surface area contributed by atoms with E-state index in [2.05, 4.69) is 17.9 Å². The third kappa shape index (κ3) is 38.0. The summed E-state index contributed by atoms with van der Waals surface area (Å²) in [6, 6.07) is 10.4. The second-order valence-corrected chi connectivity index (χ2v) is 27.5. The Labute approximate surface area is 650 Å². The van der Waals surface area contributed by atoms with Crippen molar-refractivity contribution in [1.82, 2.24) is 0 Å². The molecule has 1 N–H and O–H groups in total. The molecule has 0 aromatic heterocycles. The second kappa shape index (κ2) is 58.9. The number of hydrogen-bond acceptors (Lipinski definition) is 29. The number of carbonyl (C=O) groups excluding carboxylic acids is 1. The number of aliphatic carboxylic acids is 1. The van der Waals surface area contributed by atoms with E-state index < -0.39 is 43.4 Å². The molecule has 0 saturated heterocycles. The van der Waals surface area contributed by atoms with Crippen molar-refractivity contribution in [3.63, 3.8) is 0 Å². The van der Waals surface area contributed by atoms with Gasteiger partial charge in [-0.25, -0.2) is 8.42 Å². The number of ether oxygens (including phenoxy) is 22. The molecule has 0 spiro atoms. The van der Waals surface area contributed by atoms with Gasteiger partial charge in [0.05, 0.1) is 275 Å². The van der Waals surface area contributed by atoms with Gasteiger partial charge in [0.15, 0.2) is 18.0 Å². The molecule has 2 aromatic carbocycles. The summed E-state index contributed by atoms with van der Waals surface area (Å²) in [6.07, 6.45) is 5.61. The number of methoxy groups -OCH3 is 2.